The molecule has 19 heavy (non-hydrogen) atoms. The first-order valence-corrected chi connectivity index (χ1v) is 6.91. The summed E-state index contributed by atoms with van der Waals surface area (Å²) in [5.41, 5.74) is 3.48. The second-order valence-corrected chi connectivity index (χ2v) is 5.18. The molecule has 0 spiro atoms. The Morgan fingerprint density at radius 1 is 1.42 bits per heavy atom. The second kappa shape index (κ2) is 5.93. The van der Waals surface area contributed by atoms with Crippen LogP contribution in [-0.2, 0) is 9.53 Å². The maximum Gasteiger partial charge on any atom is 0.316 e. The molecule has 2 aromatic rings. The first-order chi connectivity index (χ1) is 9.11. The van der Waals surface area contributed by atoms with Crippen LogP contribution in [0, 0.1) is 13.8 Å². The van der Waals surface area contributed by atoms with Gasteiger partial charge in [-0.2, -0.15) is 0 Å². The molecule has 0 unspecified atom stereocenters. The van der Waals surface area contributed by atoms with E-state index in [1.165, 1.54) is 30.0 Å². The fourth-order valence-electron chi connectivity index (χ4n) is 1.84. The third-order valence-electron chi connectivity index (χ3n) is 2.77. The Balaban J connectivity index is 2.26. The van der Waals surface area contributed by atoms with Crippen molar-refractivity contribution in [3.63, 3.8) is 0 Å². The van der Waals surface area contributed by atoms with Crippen molar-refractivity contribution in [2.45, 2.75) is 19.0 Å². The number of thioether (sulfide) groups is 1. The minimum Gasteiger partial charge on any atom is -0.468 e. The largest absolute Gasteiger partial charge is 0.468 e. The molecule has 0 aliphatic carbocycles. The summed E-state index contributed by atoms with van der Waals surface area (Å²) in [5.74, 6) is 0.0125. The minimum atomic E-state index is -0.250. The fraction of sp³-hybridized carbons (Fsp3) is 0.286. The lowest BCUT2D eigenvalue weighted by Gasteiger charge is -2.10. The number of imidazole rings is 1. The van der Waals surface area contributed by atoms with E-state index < -0.39 is 0 Å². The van der Waals surface area contributed by atoms with Gasteiger partial charge in [0, 0.05) is 12.4 Å². The number of aromatic nitrogens is 2. The molecular weight excluding hydrogens is 260 g/mol. The lowest BCUT2D eigenvalue weighted by atomic mass is 10.1. The molecule has 0 amide bonds. The van der Waals surface area contributed by atoms with Crippen molar-refractivity contribution in [2.75, 3.05) is 12.9 Å². The average Bonchev–Trinajstić information content (AvgIpc) is 2.84. The summed E-state index contributed by atoms with van der Waals surface area (Å²) in [4.78, 5) is 15.5. The standard InChI is InChI=1S/C14H16N2O2S/c1-10-4-5-12(11(2)8-10)16-7-6-15-14(16)19-9-13(17)18-3/h4-8H,9H2,1-3H3. The smallest absolute Gasteiger partial charge is 0.316 e. The van der Waals surface area contributed by atoms with E-state index in [0.29, 0.717) is 0 Å². The third-order valence-corrected chi connectivity index (χ3v) is 3.71. The predicted octanol–water partition coefficient (Wildman–Crippen LogP) is 2.75. The number of ether oxygens (including phenoxy) is 1. The molecule has 100 valence electrons. The van der Waals surface area contributed by atoms with E-state index in [2.05, 4.69) is 41.8 Å². The first-order valence-electron chi connectivity index (χ1n) is 5.92. The zero-order chi connectivity index (χ0) is 13.8. The van der Waals surface area contributed by atoms with E-state index >= 15 is 0 Å². The van der Waals surface area contributed by atoms with Crippen LogP contribution in [0.25, 0.3) is 5.69 Å². The number of esters is 1. The van der Waals surface area contributed by atoms with E-state index in [-0.39, 0.29) is 11.7 Å². The van der Waals surface area contributed by atoms with Crippen molar-refractivity contribution in [1.29, 1.82) is 0 Å². The van der Waals surface area contributed by atoms with Crippen LogP contribution in [0.2, 0.25) is 0 Å². The fourth-order valence-corrected chi connectivity index (χ4v) is 2.64. The summed E-state index contributed by atoms with van der Waals surface area (Å²) in [5, 5.41) is 0.789. The van der Waals surface area contributed by atoms with Crippen molar-refractivity contribution < 1.29 is 9.53 Å². The topological polar surface area (TPSA) is 44.1 Å². The van der Waals surface area contributed by atoms with Crippen LogP contribution in [0.3, 0.4) is 0 Å². The molecule has 1 aromatic heterocycles. The maximum absolute atomic E-state index is 11.2. The first kappa shape index (κ1) is 13.7. The van der Waals surface area contributed by atoms with Crippen LogP contribution in [0.15, 0.2) is 35.7 Å². The molecule has 0 bridgehead atoms. The zero-order valence-corrected chi connectivity index (χ0v) is 12.0. The average molecular weight is 276 g/mol. The van der Waals surface area contributed by atoms with Crippen LogP contribution in [-0.4, -0.2) is 28.4 Å². The number of benzene rings is 1. The lowest BCUT2D eigenvalue weighted by molar-refractivity contribution is -0.137. The van der Waals surface area contributed by atoms with E-state index in [1.807, 2.05) is 10.8 Å². The molecule has 0 saturated carbocycles. The number of carbonyl (C=O) groups excluding carboxylic acids is 1. The Kier molecular flexibility index (Phi) is 4.27. The summed E-state index contributed by atoms with van der Waals surface area (Å²) < 4.78 is 6.63. The highest BCUT2D eigenvalue weighted by Gasteiger charge is 2.10. The molecule has 0 radical (unpaired) electrons. The number of hydrogen-bond donors (Lipinski definition) is 0. The zero-order valence-electron chi connectivity index (χ0n) is 11.2. The van der Waals surface area contributed by atoms with Gasteiger partial charge in [-0.25, -0.2) is 4.98 Å². The van der Waals surface area contributed by atoms with Crippen LogP contribution >= 0.6 is 11.8 Å². The van der Waals surface area contributed by atoms with Crippen molar-refractivity contribution in [2.24, 2.45) is 0 Å². The Hall–Kier alpha value is -1.75. The van der Waals surface area contributed by atoms with Crippen LogP contribution in [0.5, 0.6) is 0 Å². The second-order valence-electron chi connectivity index (χ2n) is 4.23. The molecular formula is C14H16N2O2S. The van der Waals surface area contributed by atoms with Gasteiger partial charge in [0.2, 0.25) is 0 Å². The highest BCUT2D eigenvalue weighted by atomic mass is 32.2. The molecule has 4 nitrogen and oxygen atoms in total. The van der Waals surface area contributed by atoms with Crippen molar-refractivity contribution in [3.05, 3.63) is 41.7 Å². The van der Waals surface area contributed by atoms with Crippen molar-refractivity contribution in [3.8, 4) is 5.69 Å². The Labute approximate surface area is 116 Å². The molecule has 1 aromatic carbocycles. The molecule has 0 atom stereocenters. The monoisotopic (exact) mass is 276 g/mol. The van der Waals surface area contributed by atoms with E-state index in [4.69, 9.17) is 0 Å². The van der Waals surface area contributed by atoms with Gasteiger partial charge in [-0.05, 0) is 25.5 Å². The van der Waals surface area contributed by atoms with Crippen LogP contribution in [0.1, 0.15) is 11.1 Å². The van der Waals surface area contributed by atoms with Gasteiger partial charge >= 0.3 is 5.97 Å². The molecule has 0 saturated heterocycles. The Morgan fingerprint density at radius 2 is 2.21 bits per heavy atom. The summed E-state index contributed by atoms with van der Waals surface area (Å²) in [6.07, 6.45) is 3.64. The normalized spacial score (nSPS) is 10.5. The van der Waals surface area contributed by atoms with Gasteiger partial charge < -0.3 is 4.74 Å². The van der Waals surface area contributed by atoms with Gasteiger partial charge in [0.15, 0.2) is 5.16 Å². The number of nitrogens with zero attached hydrogens (tertiary/aromatic N) is 2. The van der Waals surface area contributed by atoms with Gasteiger partial charge in [0.1, 0.15) is 0 Å². The molecule has 0 aliphatic heterocycles. The van der Waals surface area contributed by atoms with Gasteiger partial charge in [-0.3, -0.25) is 9.36 Å². The molecule has 0 aliphatic rings. The molecule has 1 heterocycles. The van der Waals surface area contributed by atoms with Crippen LogP contribution < -0.4 is 0 Å². The molecule has 5 heteroatoms. The van der Waals surface area contributed by atoms with Gasteiger partial charge in [0.25, 0.3) is 0 Å². The molecule has 0 N–H and O–H groups in total. The summed E-state index contributed by atoms with van der Waals surface area (Å²) in [6, 6.07) is 6.26. The number of aryl methyl sites for hydroxylation is 2. The van der Waals surface area contributed by atoms with Crippen molar-refractivity contribution >= 4 is 17.7 Å². The maximum atomic E-state index is 11.2. The molecule has 2 rings (SSSR count). The lowest BCUT2D eigenvalue weighted by Crippen LogP contribution is -2.05. The number of rotatable bonds is 4. The minimum absolute atomic E-state index is 0.250. The summed E-state index contributed by atoms with van der Waals surface area (Å²) >= 11 is 1.37. The highest BCUT2D eigenvalue weighted by molar-refractivity contribution is 7.99. The molecule has 0 fully saturated rings. The number of methoxy groups -OCH3 is 1. The quantitative estimate of drug-likeness (QED) is 0.636. The van der Waals surface area contributed by atoms with Gasteiger partial charge in [0.05, 0.1) is 18.6 Å². The summed E-state index contributed by atoms with van der Waals surface area (Å²) in [7, 11) is 1.39. The van der Waals surface area contributed by atoms with E-state index in [9.17, 15) is 4.79 Å². The Bertz CT molecular complexity index is 593. The van der Waals surface area contributed by atoms with Gasteiger partial charge in [-0.15, -0.1) is 0 Å². The van der Waals surface area contributed by atoms with Gasteiger partial charge in [-0.1, -0.05) is 29.5 Å². The van der Waals surface area contributed by atoms with E-state index in [1.54, 1.807) is 6.20 Å². The number of hydrogen-bond acceptors (Lipinski definition) is 4. The predicted molar refractivity (Wildman–Crippen MR) is 75.8 cm³/mol. The van der Waals surface area contributed by atoms with E-state index in [0.717, 1.165) is 10.8 Å². The number of carbonyl (C=O) groups is 1. The Morgan fingerprint density at radius 3 is 2.89 bits per heavy atom. The van der Waals surface area contributed by atoms with Crippen molar-refractivity contribution in [1.82, 2.24) is 9.55 Å². The summed E-state index contributed by atoms with van der Waals surface area (Å²) in [6.45, 7) is 4.13. The SMILES string of the molecule is COC(=O)CSc1nccn1-c1ccc(C)cc1C. The van der Waals surface area contributed by atoms with Crippen LogP contribution in [0.4, 0.5) is 0 Å². The third kappa shape index (κ3) is 3.17. The highest BCUT2D eigenvalue weighted by Crippen LogP contribution is 2.23.